The van der Waals surface area contributed by atoms with Crippen LogP contribution in [0.15, 0.2) is 53.0 Å². The van der Waals surface area contributed by atoms with E-state index < -0.39 is 34.5 Å². The zero-order valence-corrected chi connectivity index (χ0v) is 22.9. The number of nitrogens with one attached hydrogen (secondary N) is 1. The Morgan fingerprint density at radius 1 is 1.00 bits per heavy atom. The third-order valence-corrected chi connectivity index (χ3v) is 7.60. The van der Waals surface area contributed by atoms with Crippen LogP contribution in [-0.2, 0) is 26.3 Å². The predicted octanol–water partition coefficient (Wildman–Crippen LogP) is 3.39. The first-order chi connectivity index (χ1) is 16.3. The Balaban J connectivity index is 2.41. The van der Waals surface area contributed by atoms with Gasteiger partial charge in [0.05, 0.1) is 5.69 Å². The van der Waals surface area contributed by atoms with E-state index in [1.807, 2.05) is 38.1 Å². The Kier molecular flexibility index (Phi) is 10.2. The van der Waals surface area contributed by atoms with Gasteiger partial charge in [0, 0.05) is 31.7 Å². The largest absolute Gasteiger partial charge is 0.354 e. The van der Waals surface area contributed by atoms with Crippen molar-refractivity contribution < 1.29 is 22.4 Å². The fourth-order valence-corrected chi connectivity index (χ4v) is 4.47. The summed E-state index contributed by atoms with van der Waals surface area (Å²) in [7, 11) is -1.40. The molecule has 2 rings (SSSR count). The van der Waals surface area contributed by atoms with Crippen molar-refractivity contribution in [1.29, 1.82) is 0 Å². The topological polar surface area (TPSA) is 90.0 Å². The van der Waals surface area contributed by atoms with Crippen LogP contribution in [0, 0.1) is 11.7 Å². The van der Waals surface area contributed by atoms with E-state index in [4.69, 9.17) is 0 Å². The first-order valence-electron chi connectivity index (χ1n) is 11.1. The zero-order chi connectivity index (χ0) is 26.3. The normalized spacial score (nSPS) is 12.5. The highest BCUT2D eigenvalue weighted by Gasteiger charge is 2.32. The molecule has 0 fully saturated rings. The molecular formula is C24H32BrFN4O4S. The van der Waals surface area contributed by atoms with E-state index in [2.05, 4.69) is 21.2 Å². The van der Waals surface area contributed by atoms with Crippen LogP contribution in [0.5, 0.6) is 0 Å². The molecule has 2 amide bonds. The highest BCUT2D eigenvalue weighted by molar-refractivity contribution is 9.10. The van der Waals surface area contributed by atoms with Crippen LogP contribution < -0.4 is 9.62 Å². The van der Waals surface area contributed by atoms with Gasteiger partial charge in [-0.15, -0.1) is 0 Å². The maximum Gasteiger partial charge on any atom is 0.304 e. The monoisotopic (exact) mass is 570 g/mol. The van der Waals surface area contributed by atoms with Gasteiger partial charge in [-0.25, -0.2) is 8.70 Å². The molecule has 0 saturated heterocycles. The highest BCUT2D eigenvalue weighted by Crippen LogP contribution is 2.21. The number of carbonyl (C=O) groups excluding carboxylic acids is 2. The molecule has 1 atom stereocenters. The van der Waals surface area contributed by atoms with Crippen molar-refractivity contribution in [2.75, 3.05) is 31.5 Å². The molecule has 0 saturated carbocycles. The lowest BCUT2D eigenvalue weighted by Gasteiger charge is -2.33. The van der Waals surface area contributed by atoms with E-state index in [9.17, 15) is 22.4 Å². The van der Waals surface area contributed by atoms with Crippen LogP contribution in [0.3, 0.4) is 0 Å². The molecule has 2 aromatic carbocycles. The number of benzene rings is 2. The van der Waals surface area contributed by atoms with Gasteiger partial charge in [-0.3, -0.25) is 9.59 Å². The molecular weight excluding hydrogens is 539 g/mol. The number of carbonyl (C=O) groups is 2. The molecule has 0 spiro atoms. The van der Waals surface area contributed by atoms with Crippen molar-refractivity contribution >= 4 is 43.6 Å². The third-order valence-electron chi connectivity index (χ3n) is 5.25. The summed E-state index contributed by atoms with van der Waals surface area (Å²) >= 11 is 3.38. The van der Waals surface area contributed by atoms with Gasteiger partial charge in [0.25, 0.3) is 0 Å². The van der Waals surface area contributed by atoms with E-state index in [0.29, 0.717) is 6.54 Å². The molecule has 0 aliphatic carbocycles. The van der Waals surface area contributed by atoms with Gasteiger partial charge in [0.2, 0.25) is 11.8 Å². The minimum atomic E-state index is -4.09. The number of hydrogen-bond donors (Lipinski definition) is 1. The first-order valence-corrected chi connectivity index (χ1v) is 13.3. The molecule has 0 radical (unpaired) electrons. The smallest absolute Gasteiger partial charge is 0.304 e. The lowest BCUT2D eigenvalue weighted by Crippen LogP contribution is -2.52. The predicted molar refractivity (Wildman–Crippen MR) is 138 cm³/mol. The maximum atomic E-state index is 13.6. The third kappa shape index (κ3) is 8.01. The van der Waals surface area contributed by atoms with Crippen molar-refractivity contribution in [3.8, 4) is 0 Å². The van der Waals surface area contributed by atoms with Crippen LogP contribution in [-0.4, -0.2) is 62.7 Å². The molecule has 1 N–H and O–H groups in total. The van der Waals surface area contributed by atoms with Crippen molar-refractivity contribution in [3.05, 3.63) is 64.4 Å². The standard InChI is InChI=1S/C24H32BrFN4O4S/c1-17(2)14-27-24(32)18(3)29(15-19-6-8-20(25)9-7-19)23(31)16-30(35(33,34)28(4)5)22-12-10-21(26)11-13-22/h6-13,17-18H,14-16H2,1-5H3,(H,27,32)/t18-/m1/s1. The van der Waals surface area contributed by atoms with Gasteiger partial charge in [0.15, 0.2) is 0 Å². The molecule has 0 aliphatic rings. The van der Waals surface area contributed by atoms with Crippen LogP contribution in [0.1, 0.15) is 26.3 Å². The van der Waals surface area contributed by atoms with E-state index in [-0.39, 0.29) is 24.1 Å². The van der Waals surface area contributed by atoms with Crippen LogP contribution in [0.25, 0.3) is 0 Å². The summed E-state index contributed by atoms with van der Waals surface area (Å²) in [6.07, 6.45) is 0. The Morgan fingerprint density at radius 2 is 1.57 bits per heavy atom. The Hall–Kier alpha value is -2.50. The second-order valence-electron chi connectivity index (χ2n) is 8.74. The minimum absolute atomic E-state index is 0.0989. The second-order valence-corrected chi connectivity index (χ2v) is 11.7. The SMILES string of the molecule is CC(C)CNC(=O)[C@@H](C)N(Cc1ccc(Br)cc1)C(=O)CN(c1ccc(F)cc1)S(=O)(=O)N(C)C. The van der Waals surface area contributed by atoms with E-state index >= 15 is 0 Å². The fraction of sp³-hybridized carbons (Fsp3) is 0.417. The Labute approximate surface area is 215 Å². The van der Waals surface area contributed by atoms with Crippen LogP contribution >= 0.6 is 15.9 Å². The van der Waals surface area contributed by atoms with Crippen molar-refractivity contribution in [2.24, 2.45) is 5.92 Å². The molecule has 0 bridgehead atoms. The molecule has 2 aromatic rings. The van der Waals surface area contributed by atoms with Gasteiger partial charge in [-0.2, -0.15) is 12.7 Å². The van der Waals surface area contributed by atoms with E-state index in [0.717, 1.165) is 30.8 Å². The minimum Gasteiger partial charge on any atom is -0.354 e. The van der Waals surface area contributed by atoms with Crippen LogP contribution in [0.2, 0.25) is 0 Å². The number of anilines is 1. The number of amides is 2. The van der Waals surface area contributed by atoms with Gasteiger partial charge < -0.3 is 10.2 Å². The molecule has 0 heterocycles. The van der Waals surface area contributed by atoms with E-state index in [1.165, 1.54) is 31.1 Å². The quantitative estimate of drug-likeness (QED) is 0.448. The molecule has 11 heteroatoms. The van der Waals surface area contributed by atoms with Gasteiger partial charge in [0.1, 0.15) is 18.4 Å². The summed E-state index contributed by atoms with van der Waals surface area (Å²) < 4.78 is 42.3. The van der Waals surface area contributed by atoms with Crippen molar-refractivity contribution in [1.82, 2.24) is 14.5 Å². The van der Waals surface area contributed by atoms with Gasteiger partial charge >= 0.3 is 10.2 Å². The average Bonchev–Trinajstić information content (AvgIpc) is 2.80. The summed E-state index contributed by atoms with van der Waals surface area (Å²) in [5.74, 6) is -1.22. The summed E-state index contributed by atoms with van der Waals surface area (Å²) in [5.41, 5.74) is 0.905. The van der Waals surface area contributed by atoms with Gasteiger partial charge in [-0.05, 0) is 54.8 Å². The van der Waals surface area contributed by atoms with Crippen molar-refractivity contribution in [3.63, 3.8) is 0 Å². The summed E-state index contributed by atoms with van der Waals surface area (Å²) in [5, 5.41) is 2.83. The summed E-state index contributed by atoms with van der Waals surface area (Å²) in [6.45, 7) is 5.51. The lowest BCUT2D eigenvalue weighted by atomic mass is 10.1. The van der Waals surface area contributed by atoms with Gasteiger partial charge in [-0.1, -0.05) is 41.9 Å². The molecule has 8 nitrogen and oxygen atoms in total. The molecule has 35 heavy (non-hydrogen) atoms. The fourth-order valence-electron chi connectivity index (χ4n) is 3.15. The molecule has 0 aromatic heterocycles. The molecule has 192 valence electrons. The van der Waals surface area contributed by atoms with Crippen LogP contribution in [0.4, 0.5) is 10.1 Å². The number of hydrogen-bond acceptors (Lipinski definition) is 4. The summed E-state index contributed by atoms with van der Waals surface area (Å²) in [4.78, 5) is 27.7. The Bertz CT molecular complexity index is 1110. The number of halogens is 2. The highest BCUT2D eigenvalue weighted by atomic mass is 79.9. The maximum absolute atomic E-state index is 13.6. The molecule has 0 unspecified atom stereocenters. The zero-order valence-electron chi connectivity index (χ0n) is 20.5. The Morgan fingerprint density at radius 3 is 2.09 bits per heavy atom. The van der Waals surface area contributed by atoms with Crippen molar-refractivity contribution in [2.45, 2.75) is 33.4 Å². The summed E-state index contributed by atoms with van der Waals surface area (Å²) in [6, 6.07) is 11.3. The first kappa shape index (κ1) is 28.7. The van der Waals surface area contributed by atoms with E-state index in [1.54, 1.807) is 6.92 Å². The second kappa shape index (κ2) is 12.5. The number of nitrogens with zero attached hydrogens (tertiary/aromatic N) is 3. The number of rotatable bonds is 11. The average molecular weight is 572 g/mol. The molecule has 0 aliphatic heterocycles. The lowest BCUT2D eigenvalue weighted by molar-refractivity contribution is -0.139.